The molecule has 1 N–H and O–H groups in total. The molecule has 5 rings (SSSR count). The summed E-state index contributed by atoms with van der Waals surface area (Å²) in [6, 6.07) is 23.3. The van der Waals surface area contributed by atoms with Gasteiger partial charge in [-0.05, 0) is 42.0 Å². The summed E-state index contributed by atoms with van der Waals surface area (Å²) in [5.74, 6) is -0.554. The van der Waals surface area contributed by atoms with Crippen molar-refractivity contribution in [3.8, 4) is 0 Å². The Bertz CT molecular complexity index is 1230. The van der Waals surface area contributed by atoms with Crippen LogP contribution in [0.3, 0.4) is 0 Å². The Morgan fingerprint density at radius 1 is 0.938 bits per heavy atom. The topological polar surface area (TPSA) is 83.4 Å². The summed E-state index contributed by atoms with van der Waals surface area (Å²) in [5.41, 5.74) is 1.87. The lowest BCUT2D eigenvalue weighted by Gasteiger charge is -2.30. The Morgan fingerprint density at radius 3 is 2.28 bits per heavy atom. The molecule has 7 nitrogen and oxygen atoms in total. The number of nitrogens with zero attached hydrogens (tertiary/aromatic N) is 3. The number of amides is 2. The molecule has 0 bridgehead atoms. The van der Waals surface area contributed by atoms with Gasteiger partial charge in [0.25, 0.3) is 11.8 Å². The van der Waals surface area contributed by atoms with E-state index in [9.17, 15) is 9.59 Å². The lowest BCUT2D eigenvalue weighted by molar-refractivity contribution is -0.131. The van der Waals surface area contributed by atoms with Crippen molar-refractivity contribution in [1.82, 2.24) is 10.3 Å². The number of rotatable bonds is 4. The maximum Gasteiger partial charge on any atom is 0.323 e. The van der Waals surface area contributed by atoms with Gasteiger partial charge in [-0.3, -0.25) is 9.59 Å². The average molecular weight is 445 g/mol. The Hall–Kier alpha value is -3.97. The molecule has 0 saturated heterocycles. The molecule has 0 spiro atoms. The smallest absolute Gasteiger partial charge is 0.323 e. The van der Waals surface area contributed by atoms with Crippen LogP contribution < -0.4 is 5.32 Å². The Balaban J connectivity index is 1.51. The molecule has 2 heterocycles. The second-order valence-electron chi connectivity index (χ2n) is 7.25. The number of benzene rings is 3. The zero-order valence-electron chi connectivity index (χ0n) is 16.7. The number of carbonyl (C=O) groups excluding carboxylic acids is 2. The number of hydrogen-bond acceptors (Lipinski definition) is 5. The Morgan fingerprint density at radius 2 is 1.59 bits per heavy atom. The first-order chi connectivity index (χ1) is 15.6. The van der Waals surface area contributed by atoms with Gasteiger partial charge in [0.2, 0.25) is 5.90 Å². The maximum absolute atomic E-state index is 13.4. The zero-order valence-corrected chi connectivity index (χ0v) is 17.4. The van der Waals surface area contributed by atoms with Crippen molar-refractivity contribution in [2.75, 3.05) is 0 Å². The molecule has 3 aromatic rings. The van der Waals surface area contributed by atoms with Crippen molar-refractivity contribution < 1.29 is 14.3 Å². The van der Waals surface area contributed by atoms with Crippen molar-refractivity contribution >= 4 is 35.3 Å². The molecule has 0 radical (unpaired) electrons. The fraction of sp³-hybridized carbons (Fsp3) is 0.0833. The molecule has 32 heavy (non-hydrogen) atoms. The summed E-state index contributed by atoms with van der Waals surface area (Å²) in [6.07, 6.45) is 0. The first-order valence-electron chi connectivity index (χ1n) is 9.95. The number of ether oxygens (including phenoxy) is 1. The lowest BCUT2D eigenvalue weighted by atomic mass is 9.97. The molecule has 3 aromatic carbocycles. The first kappa shape index (κ1) is 20.0. The van der Waals surface area contributed by atoms with Gasteiger partial charge in [-0.2, -0.15) is 0 Å². The SMILES string of the molecule is O=C(NC1C(=O)N2N=C(c3ccccc3)OC2=NC1c1ccc(Cl)cc1)c1ccccc1. The highest BCUT2D eigenvalue weighted by molar-refractivity contribution is 6.30. The van der Waals surface area contributed by atoms with Gasteiger partial charge in [0.1, 0.15) is 12.1 Å². The van der Waals surface area contributed by atoms with Gasteiger partial charge in [-0.1, -0.05) is 60.1 Å². The van der Waals surface area contributed by atoms with Crippen LogP contribution in [0.25, 0.3) is 0 Å². The van der Waals surface area contributed by atoms with Crippen LogP contribution in [0, 0.1) is 0 Å². The Labute approximate surface area is 189 Å². The van der Waals surface area contributed by atoms with Gasteiger partial charge < -0.3 is 10.1 Å². The second-order valence-corrected chi connectivity index (χ2v) is 7.68. The van der Waals surface area contributed by atoms with Gasteiger partial charge in [0.05, 0.1) is 0 Å². The van der Waals surface area contributed by atoms with E-state index in [-0.39, 0.29) is 17.8 Å². The minimum atomic E-state index is -0.977. The number of fused-ring (bicyclic) bond motifs is 1. The molecule has 2 unspecified atom stereocenters. The molecule has 2 aliphatic heterocycles. The maximum atomic E-state index is 13.4. The predicted molar refractivity (Wildman–Crippen MR) is 120 cm³/mol. The Kier molecular flexibility index (Phi) is 5.17. The summed E-state index contributed by atoms with van der Waals surface area (Å²) in [7, 11) is 0. The van der Waals surface area contributed by atoms with E-state index in [0.717, 1.165) is 5.01 Å². The highest BCUT2D eigenvalue weighted by Gasteiger charge is 2.45. The van der Waals surface area contributed by atoms with Crippen LogP contribution in [-0.4, -0.2) is 34.8 Å². The highest BCUT2D eigenvalue weighted by Crippen LogP contribution is 2.31. The van der Waals surface area contributed by atoms with Crippen LogP contribution in [0.1, 0.15) is 27.5 Å². The summed E-state index contributed by atoms with van der Waals surface area (Å²) >= 11 is 6.03. The van der Waals surface area contributed by atoms with Crippen LogP contribution in [0.5, 0.6) is 0 Å². The van der Waals surface area contributed by atoms with Crippen molar-refractivity contribution in [1.29, 1.82) is 0 Å². The minimum Gasteiger partial charge on any atom is -0.403 e. The van der Waals surface area contributed by atoms with Crippen LogP contribution in [0.2, 0.25) is 5.02 Å². The van der Waals surface area contributed by atoms with Crippen molar-refractivity contribution in [3.63, 3.8) is 0 Å². The van der Waals surface area contributed by atoms with Crippen LogP contribution in [0.4, 0.5) is 0 Å². The zero-order chi connectivity index (χ0) is 22.1. The van der Waals surface area contributed by atoms with Gasteiger partial charge in [0.15, 0.2) is 0 Å². The largest absolute Gasteiger partial charge is 0.403 e. The van der Waals surface area contributed by atoms with E-state index in [1.165, 1.54) is 0 Å². The molecule has 0 fully saturated rings. The second kappa shape index (κ2) is 8.28. The standard InChI is InChI=1S/C24H17ClN4O3/c25-18-13-11-15(12-14-18)19-20(26-21(30)16-7-3-1-4-8-16)23(31)29-24(27-19)32-22(28-29)17-9-5-2-6-10-17/h1-14,19-20H,(H,26,30). The number of halogens is 1. The quantitative estimate of drug-likeness (QED) is 0.664. The first-order valence-corrected chi connectivity index (χ1v) is 10.3. The summed E-state index contributed by atoms with van der Waals surface area (Å²) in [4.78, 5) is 30.9. The fourth-order valence-corrected chi connectivity index (χ4v) is 3.67. The molecule has 0 aliphatic carbocycles. The van der Waals surface area contributed by atoms with Crippen molar-refractivity contribution in [3.05, 3.63) is 107 Å². The van der Waals surface area contributed by atoms with Crippen molar-refractivity contribution in [2.45, 2.75) is 12.1 Å². The van der Waals surface area contributed by atoms with Gasteiger partial charge in [0, 0.05) is 16.1 Å². The average Bonchev–Trinajstić information content (AvgIpc) is 3.27. The molecule has 0 saturated carbocycles. The number of carbonyl (C=O) groups is 2. The lowest BCUT2D eigenvalue weighted by Crippen LogP contribution is -2.53. The van der Waals surface area contributed by atoms with E-state index in [2.05, 4.69) is 15.4 Å². The highest BCUT2D eigenvalue weighted by atomic mass is 35.5. The third-order valence-electron chi connectivity index (χ3n) is 5.15. The van der Waals surface area contributed by atoms with E-state index in [1.807, 2.05) is 36.4 Å². The van der Waals surface area contributed by atoms with Gasteiger partial charge >= 0.3 is 6.02 Å². The predicted octanol–water partition coefficient (Wildman–Crippen LogP) is 3.77. The number of hydrogen-bond donors (Lipinski definition) is 1. The number of aliphatic imine (C=N–C) groups is 1. The normalized spacial score (nSPS) is 19.5. The molecular weight excluding hydrogens is 428 g/mol. The summed E-state index contributed by atoms with van der Waals surface area (Å²) < 4.78 is 5.80. The summed E-state index contributed by atoms with van der Waals surface area (Å²) in [6.45, 7) is 0. The van der Waals surface area contributed by atoms with E-state index in [4.69, 9.17) is 16.3 Å². The van der Waals surface area contributed by atoms with E-state index < -0.39 is 18.0 Å². The minimum absolute atomic E-state index is 0.0685. The van der Waals surface area contributed by atoms with E-state index in [0.29, 0.717) is 21.7 Å². The van der Waals surface area contributed by atoms with E-state index >= 15 is 0 Å². The van der Waals surface area contributed by atoms with Gasteiger partial charge in [-0.15, -0.1) is 10.1 Å². The van der Waals surface area contributed by atoms with Crippen LogP contribution >= 0.6 is 11.6 Å². The number of hydrazone groups is 1. The monoisotopic (exact) mass is 444 g/mol. The van der Waals surface area contributed by atoms with Crippen LogP contribution in [0.15, 0.2) is 95.0 Å². The molecule has 2 amide bonds. The van der Waals surface area contributed by atoms with E-state index in [1.54, 1.807) is 48.5 Å². The van der Waals surface area contributed by atoms with Gasteiger partial charge in [-0.25, -0.2) is 4.99 Å². The van der Waals surface area contributed by atoms with Crippen LogP contribution in [-0.2, 0) is 9.53 Å². The third kappa shape index (κ3) is 3.74. The summed E-state index contributed by atoms with van der Waals surface area (Å²) in [5, 5.41) is 8.79. The molecular formula is C24H17ClN4O3. The third-order valence-corrected chi connectivity index (χ3v) is 5.41. The fourth-order valence-electron chi connectivity index (χ4n) is 3.55. The molecule has 2 aliphatic rings. The molecule has 2 atom stereocenters. The molecule has 8 heteroatoms. The molecule has 0 aromatic heterocycles. The molecule has 158 valence electrons. The number of amidine groups is 1. The number of nitrogens with one attached hydrogen (secondary N) is 1. The van der Waals surface area contributed by atoms with Crippen molar-refractivity contribution in [2.24, 2.45) is 10.1 Å².